The minimum atomic E-state index is -1.35. The summed E-state index contributed by atoms with van der Waals surface area (Å²) in [6, 6.07) is 0.466. The molecule has 1 heterocycles. The molecule has 1 aliphatic heterocycles. The average Bonchev–Trinajstić information content (AvgIpc) is 2.44. The first-order valence-electron chi connectivity index (χ1n) is 5.93. The summed E-state index contributed by atoms with van der Waals surface area (Å²) in [5.74, 6) is -3.33. The van der Waals surface area contributed by atoms with Crippen LogP contribution in [0.1, 0.15) is 11.6 Å². The zero-order valence-corrected chi connectivity index (χ0v) is 11.7. The van der Waals surface area contributed by atoms with E-state index in [1.165, 1.54) is 6.07 Å². The van der Waals surface area contributed by atoms with Crippen molar-refractivity contribution >= 4 is 15.9 Å². The van der Waals surface area contributed by atoms with Crippen LogP contribution in [0.2, 0.25) is 0 Å². The van der Waals surface area contributed by atoms with Crippen LogP contribution in [0, 0.1) is 11.6 Å². The second-order valence-corrected chi connectivity index (χ2v) is 5.23. The van der Waals surface area contributed by atoms with Crippen molar-refractivity contribution in [2.75, 3.05) is 32.9 Å². The third-order valence-electron chi connectivity index (χ3n) is 3.26. The summed E-state index contributed by atoms with van der Waals surface area (Å²) in [6.07, 6.45) is 0. The number of rotatable bonds is 3. The van der Waals surface area contributed by atoms with Gasteiger partial charge in [0, 0.05) is 31.7 Å². The highest BCUT2D eigenvalue weighted by Crippen LogP contribution is 2.36. The topological polar surface area (TPSA) is 35.5 Å². The molecule has 0 radical (unpaired) electrons. The molecule has 0 amide bonds. The van der Waals surface area contributed by atoms with Gasteiger partial charge in [-0.3, -0.25) is 4.90 Å². The second kappa shape index (κ2) is 6.11. The third kappa shape index (κ3) is 2.88. The van der Waals surface area contributed by atoms with Gasteiger partial charge in [-0.15, -0.1) is 0 Å². The number of aromatic hydroxyl groups is 1. The smallest absolute Gasteiger partial charge is 0.201 e. The van der Waals surface area contributed by atoms with Crippen molar-refractivity contribution in [1.82, 2.24) is 10.2 Å². The molecule has 0 bridgehead atoms. The van der Waals surface area contributed by atoms with E-state index < -0.39 is 30.1 Å². The van der Waals surface area contributed by atoms with E-state index in [4.69, 9.17) is 0 Å². The van der Waals surface area contributed by atoms with Crippen molar-refractivity contribution in [3.8, 4) is 5.75 Å². The number of phenolic OH excluding ortho intramolecular Hbond substituents is 1. The highest BCUT2D eigenvalue weighted by atomic mass is 79.9. The highest BCUT2D eigenvalue weighted by molar-refractivity contribution is 9.10. The van der Waals surface area contributed by atoms with Gasteiger partial charge in [0.25, 0.3) is 0 Å². The number of alkyl halides is 1. The second-order valence-electron chi connectivity index (χ2n) is 4.38. The number of piperazine rings is 1. The molecular weight excluding hydrogens is 325 g/mol. The molecule has 19 heavy (non-hydrogen) atoms. The quantitative estimate of drug-likeness (QED) is 0.830. The van der Waals surface area contributed by atoms with E-state index in [1.807, 2.05) is 0 Å². The van der Waals surface area contributed by atoms with Gasteiger partial charge in [-0.25, -0.2) is 8.78 Å². The van der Waals surface area contributed by atoms with Gasteiger partial charge in [0.15, 0.2) is 11.6 Å². The van der Waals surface area contributed by atoms with Crippen LogP contribution in [0.4, 0.5) is 13.2 Å². The molecule has 0 unspecified atom stereocenters. The van der Waals surface area contributed by atoms with Gasteiger partial charge >= 0.3 is 0 Å². The van der Waals surface area contributed by atoms with Gasteiger partial charge in [-0.1, -0.05) is 0 Å². The van der Waals surface area contributed by atoms with E-state index in [-0.39, 0.29) is 10.0 Å². The molecule has 1 aromatic rings. The van der Waals surface area contributed by atoms with Gasteiger partial charge in [-0.2, -0.15) is 4.39 Å². The van der Waals surface area contributed by atoms with Crippen LogP contribution in [0.3, 0.4) is 0 Å². The zero-order chi connectivity index (χ0) is 14.0. The lowest BCUT2D eigenvalue weighted by atomic mass is 10.0. The lowest BCUT2D eigenvalue weighted by Gasteiger charge is -2.34. The molecule has 0 saturated carbocycles. The van der Waals surface area contributed by atoms with E-state index in [0.29, 0.717) is 26.2 Å². The minimum absolute atomic E-state index is 0.0650. The van der Waals surface area contributed by atoms with E-state index in [2.05, 4.69) is 21.2 Å². The molecule has 1 fully saturated rings. The zero-order valence-electron chi connectivity index (χ0n) is 10.1. The number of halogens is 4. The highest BCUT2D eigenvalue weighted by Gasteiger charge is 2.28. The molecule has 3 nitrogen and oxygen atoms in total. The lowest BCUT2D eigenvalue weighted by molar-refractivity contribution is 0.144. The maximum absolute atomic E-state index is 13.5. The standard InChI is InChI=1S/C12H14BrF3N2O/c13-8-5-7(12(19)11(16)10(8)15)9(6-14)18-3-1-17-2-4-18/h5,9,17,19H,1-4,6H2/t9-/m1/s1. The van der Waals surface area contributed by atoms with Gasteiger partial charge in [0.05, 0.1) is 10.5 Å². The maximum atomic E-state index is 13.5. The van der Waals surface area contributed by atoms with Crippen LogP contribution in [-0.2, 0) is 0 Å². The number of nitrogens with one attached hydrogen (secondary N) is 1. The summed E-state index contributed by atoms with van der Waals surface area (Å²) in [4.78, 5) is 1.80. The molecule has 1 aliphatic rings. The van der Waals surface area contributed by atoms with Crippen molar-refractivity contribution in [2.45, 2.75) is 6.04 Å². The third-order valence-corrected chi connectivity index (χ3v) is 3.84. The van der Waals surface area contributed by atoms with Crippen molar-refractivity contribution in [3.05, 3.63) is 27.7 Å². The van der Waals surface area contributed by atoms with Crippen LogP contribution in [0.5, 0.6) is 5.75 Å². The van der Waals surface area contributed by atoms with E-state index in [9.17, 15) is 18.3 Å². The van der Waals surface area contributed by atoms with Crippen molar-refractivity contribution in [2.24, 2.45) is 0 Å². The maximum Gasteiger partial charge on any atom is 0.201 e. The van der Waals surface area contributed by atoms with E-state index >= 15 is 0 Å². The Bertz CT molecular complexity index is 467. The average molecular weight is 339 g/mol. The van der Waals surface area contributed by atoms with Gasteiger partial charge in [0.2, 0.25) is 5.82 Å². The Hall–Kier alpha value is -0.790. The first-order chi connectivity index (χ1) is 9.06. The largest absolute Gasteiger partial charge is 0.505 e. The number of hydrogen-bond acceptors (Lipinski definition) is 3. The van der Waals surface area contributed by atoms with Gasteiger partial charge in [-0.05, 0) is 22.0 Å². The Kier molecular flexibility index (Phi) is 4.70. The summed E-state index contributed by atoms with van der Waals surface area (Å²) >= 11 is 2.87. The van der Waals surface area contributed by atoms with Crippen LogP contribution >= 0.6 is 15.9 Å². The molecular formula is C12H14BrF3N2O. The summed E-state index contributed by atoms with van der Waals surface area (Å²) in [6.45, 7) is 1.80. The molecule has 0 spiro atoms. The summed E-state index contributed by atoms with van der Waals surface area (Å²) in [5, 5.41) is 12.8. The number of hydrogen-bond donors (Lipinski definition) is 2. The normalized spacial score (nSPS) is 18.5. The molecule has 0 aromatic heterocycles. The van der Waals surface area contributed by atoms with Crippen molar-refractivity contribution < 1.29 is 18.3 Å². The van der Waals surface area contributed by atoms with E-state index in [1.54, 1.807) is 4.90 Å². The Morgan fingerprint density at radius 1 is 1.32 bits per heavy atom. The Labute approximate surface area is 117 Å². The molecule has 2 rings (SSSR count). The summed E-state index contributed by atoms with van der Waals surface area (Å²) in [5.41, 5.74) is 0.0650. The van der Waals surface area contributed by atoms with Crippen LogP contribution < -0.4 is 5.32 Å². The lowest BCUT2D eigenvalue weighted by Crippen LogP contribution is -2.45. The Balaban J connectivity index is 2.37. The fourth-order valence-electron chi connectivity index (χ4n) is 2.23. The Morgan fingerprint density at radius 3 is 2.53 bits per heavy atom. The van der Waals surface area contributed by atoms with Crippen LogP contribution in [-0.4, -0.2) is 42.9 Å². The summed E-state index contributed by atoms with van der Waals surface area (Å²) < 4.78 is 39.9. The molecule has 1 aromatic carbocycles. The molecule has 7 heteroatoms. The molecule has 0 aliphatic carbocycles. The fraction of sp³-hybridized carbons (Fsp3) is 0.500. The number of benzene rings is 1. The molecule has 1 saturated heterocycles. The Morgan fingerprint density at radius 2 is 1.95 bits per heavy atom. The number of nitrogens with zero attached hydrogens (tertiary/aromatic N) is 1. The van der Waals surface area contributed by atoms with Crippen LogP contribution in [0.25, 0.3) is 0 Å². The minimum Gasteiger partial charge on any atom is -0.505 e. The van der Waals surface area contributed by atoms with Crippen molar-refractivity contribution in [3.63, 3.8) is 0 Å². The van der Waals surface area contributed by atoms with Gasteiger partial charge in [0.1, 0.15) is 6.67 Å². The predicted octanol–water partition coefficient (Wildman–Crippen LogP) is 2.35. The summed E-state index contributed by atoms with van der Waals surface area (Å²) in [7, 11) is 0. The van der Waals surface area contributed by atoms with Crippen molar-refractivity contribution in [1.29, 1.82) is 0 Å². The fourth-order valence-corrected chi connectivity index (χ4v) is 2.65. The SMILES string of the molecule is Oc1c([C@@H](CF)N2CCNCC2)cc(Br)c(F)c1F. The van der Waals surface area contributed by atoms with E-state index in [0.717, 1.165) is 0 Å². The first kappa shape index (κ1) is 14.6. The molecule has 1 atom stereocenters. The van der Waals surface area contributed by atoms with Crippen LogP contribution in [0.15, 0.2) is 10.5 Å². The first-order valence-corrected chi connectivity index (χ1v) is 6.72. The predicted molar refractivity (Wildman–Crippen MR) is 68.9 cm³/mol. The monoisotopic (exact) mass is 338 g/mol. The van der Waals surface area contributed by atoms with Gasteiger partial charge < -0.3 is 10.4 Å². The molecule has 2 N–H and O–H groups in total. The number of phenols is 1. The molecule has 106 valence electrons.